The van der Waals surface area contributed by atoms with Crippen LogP contribution in [0.25, 0.3) is 44.7 Å². The van der Waals surface area contributed by atoms with Gasteiger partial charge in [-0.25, -0.2) is 14.8 Å². The van der Waals surface area contributed by atoms with Crippen molar-refractivity contribution in [2.75, 3.05) is 19.4 Å². The van der Waals surface area contributed by atoms with Crippen LogP contribution in [0.15, 0.2) is 43.1 Å². The summed E-state index contributed by atoms with van der Waals surface area (Å²) in [6.45, 7) is 0. The van der Waals surface area contributed by atoms with Crippen LogP contribution in [0.2, 0.25) is 0 Å². The molecule has 0 fully saturated rings. The number of hydrogen-bond acceptors (Lipinski definition) is 7. The molecule has 5 N–H and O–H groups in total. The van der Waals surface area contributed by atoms with Crippen molar-refractivity contribution in [2.45, 2.75) is 0 Å². The summed E-state index contributed by atoms with van der Waals surface area (Å²) in [4.78, 5) is 44.3. The molecule has 3 amide bonds. The van der Waals surface area contributed by atoms with Crippen LogP contribution in [0.5, 0.6) is 0 Å². The number of aromatic amines is 2. The van der Waals surface area contributed by atoms with Crippen molar-refractivity contribution in [2.24, 2.45) is 0 Å². The second kappa shape index (κ2) is 8.00. The van der Waals surface area contributed by atoms with E-state index in [-0.39, 0.29) is 11.9 Å². The SMILES string of the molecule is CNC(=O)Nc1cncc(-c2cnc3n[nH]c(-c4nc5c(C(=O)NC)cncc5[nH]4)c3c2)c1. The van der Waals surface area contributed by atoms with Gasteiger partial charge in [-0.05, 0) is 12.1 Å². The largest absolute Gasteiger partial charge is 0.355 e. The average molecular weight is 442 g/mol. The zero-order valence-electron chi connectivity index (χ0n) is 17.6. The number of rotatable bonds is 4. The second-order valence-corrected chi connectivity index (χ2v) is 7.11. The number of urea groups is 1. The molecule has 33 heavy (non-hydrogen) atoms. The molecule has 0 spiro atoms. The fourth-order valence-electron chi connectivity index (χ4n) is 3.45. The third-order valence-electron chi connectivity index (χ3n) is 5.07. The minimum Gasteiger partial charge on any atom is -0.355 e. The number of imidazole rings is 1. The van der Waals surface area contributed by atoms with Gasteiger partial charge in [0.1, 0.15) is 11.2 Å². The Labute approximate surface area is 186 Å². The van der Waals surface area contributed by atoms with E-state index in [9.17, 15) is 9.59 Å². The van der Waals surface area contributed by atoms with Crippen molar-refractivity contribution in [3.05, 3.63) is 48.7 Å². The van der Waals surface area contributed by atoms with Gasteiger partial charge >= 0.3 is 6.03 Å². The van der Waals surface area contributed by atoms with Gasteiger partial charge in [-0.15, -0.1) is 0 Å². The maximum absolute atomic E-state index is 12.2. The number of nitrogens with one attached hydrogen (secondary N) is 5. The van der Waals surface area contributed by atoms with Gasteiger partial charge in [0.25, 0.3) is 5.91 Å². The van der Waals surface area contributed by atoms with Gasteiger partial charge < -0.3 is 20.9 Å². The minimum absolute atomic E-state index is 0.276. The molecule has 0 radical (unpaired) electrons. The van der Waals surface area contributed by atoms with Crippen LogP contribution in [-0.4, -0.2) is 61.2 Å². The molecule has 0 aliphatic heterocycles. The van der Waals surface area contributed by atoms with Crippen molar-refractivity contribution < 1.29 is 9.59 Å². The lowest BCUT2D eigenvalue weighted by atomic mass is 10.1. The maximum Gasteiger partial charge on any atom is 0.319 e. The average Bonchev–Trinajstić information content (AvgIpc) is 3.47. The van der Waals surface area contributed by atoms with Crippen LogP contribution in [-0.2, 0) is 0 Å². The zero-order chi connectivity index (χ0) is 22.9. The maximum atomic E-state index is 12.2. The Morgan fingerprint density at radius 3 is 2.58 bits per heavy atom. The van der Waals surface area contributed by atoms with Crippen LogP contribution in [0.1, 0.15) is 10.4 Å². The Balaban J connectivity index is 1.58. The van der Waals surface area contributed by atoms with E-state index >= 15 is 0 Å². The number of hydrogen-bond donors (Lipinski definition) is 5. The molecule has 0 saturated heterocycles. The van der Waals surface area contributed by atoms with Gasteiger partial charge in [-0.2, -0.15) is 5.10 Å². The fraction of sp³-hybridized carbons (Fsp3) is 0.0952. The summed E-state index contributed by atoms with van der Waals surface area (Å²) in [6.07, 6.45) is 8.00. The Bertz CT molecular complexity index is 1520. The van der Waals surface area contributed by atoms with Crippen molar-refractivity contribution >= 4 is 39.7 Å². The molecular weight excluding hydrogens is 424 g/mol. The van der Waals surface area contributed by atoms with Crippen LogP contribution in [0.4, 0.5) is 10.5 Å². The van der Waals surface area contributed by atoms with Gasteiger partial charge in [0.15, 0.2) is 11.5 Å². The molecule has 0 aliphatic carbocycles. The van der Waals surface area contributed by atoms with Crippen molar-refractivity contribution in [3.8, 4) is 22.6 Å². The fourth-order valence-corrected chi connectivity index (χ4v) is 3.45. The number of aromatic nitrogens is 7. The van der Waals surface area contributed by atoms with E-state index < -0.39 is 0 Å². The number of amides is 3. The van der Waals surface area contributed by atoms with Gasteiger partial charge in [0.2, 0.25) is 0 Å². The number of carbonyl (C=O) groups excluding carboxylic acids is 2. The zero-order valence-corrected chi connectivity index (χ0v) is 17.6. The summed E-state index contributed by atoms with van der Waals surface area (Å²) in [6, 6.07) is 3.37. The van der Waals surface area contributed by atoms with E-state index in [4.69, 9.17) is 0 Å². The molecule has 164 valence electrons. The van der Waals surface area contributed by atoms with Gasteiger partial charge in [-0.3, -0.25) is 19.9 Å². The molecule has 0 unspecified atom stereocenters. The van der Waals surface area contributed by atoms with Gasteiger partial charge in [0, 0.05) is 43.8 Å². The van der Waals surface area contributed by atoms with Crippen LogP contribution in [0.3, 0.4) is 0 Å². The van der Waals surface area contributed by atoms with Crippen LogP contribution in [0, 0.1) is 0 Å². The molecule has 5 aromatic rings. The number of carbonyl (C=O) groups is 2. The summed E-state index contributed by atoms with van der Waals surface area (Å²) in [5.41, 5.74) is 4.71. The van der Waals surface area contributed by atoms with E-state index in [0.717, 1.165) is 16.5 Å². The van der Waals surface area contributed by atoms with Gasteiger partial charge in [0.05, 0.1) is 34.5 Å². The highest BCUT2D eigenvalue weighted by molar-refractivity contribution is 6.05. The van der Waals surface area contributed by atoms with Crippen LogP contribution < -0.4 is 16.0 Å². The number of fused-ring (bicyclic) bond motifs is 2. The molecule has 0 atom stereocenters. The van der Waals surface area contributed by atoms with Crippen LogP contribution >= 0.6 is 0 Å². The molecule has 0 bridgehead atoms. The summed E-state index contributed by atoms with van der Waals surface area (Å²) in [5.74, 6) is 0.222. The molecule has 5 aromatic heterocycles. The summed E-state index contributed by atoms with van der Waals surface area (Å²) < 4.78 is 0. The Morgan fingerprint density at radius 2 is 1.76 bits per heavy atom. The first kappa shape index (κ1) is 20.1. The first-order valence-electron chi connectivity index (χ1n) is 9.92. The normalized spacial score (nSPS) is 11.0. The predicted molar refractivity (Wildman–Crippen MR) is 121 cm³/mol. The standard InChI is InChI=1S/C21H18N10O2/c1-22-20(32)14-8-25-9-15-16(14)29-19(28-15)17-13-4-11(6-26-18(13)31-30-17)10-3-12(7-24-5-10)27-21(33)23-2/h3-9H,1-2H3,(H,22,32)(H,28,29)(H2,23,27,33)(H,26,30,31). The van der Waals surface area contributed by atoms with Crippen molar-refractivity contribution in [1.82, 2.24) is 45.8 Å². The minimum atomic E-state index is -0.338. The summed E-state index contributed by atoms with van der Waals surface area (Å²) in [5, 5.41) is 15.8. The monoisotopic (exact) mass is 442 g/mol. The Hall–Kier alpha value is -4.87. The molecule has 5 rings (SSSR count). The number of pyridine rings is 3. The Kier molecular flexibility index (Phi) is 4.86. The highest BCUT2D eigenvalue weighted by Gasteiger charge is 2.18. The predicted octanol–water partition coefficient (Wildman–Crippen LogP) is 2.07. The lowest BCUT2D eigenvalue weighted by molar-refractivity contribution is 0.0964. The highest BCUT2D eigenvalue weighted by Crippen LogP contribution is 2.30. The second-order valence-electron chi connectivity index (χ2n) is 7.11. The third-order valence-corrected chi connectivity index (χ3v) is 5.07. The van der Waals surface area contributed by atoms with E-state index in [2.05, 4.69) is 51.1 Å². The molecule has 12 heteroatoms. The number of nitrogens with zero attached hydrogens (tertiary/aromatic N) is 5. The number of anilines is 1. The lowest BCUT2D eigenvalue weighted by Crippen LogP contribution is -2.24. The van der Waals surface area contributed by atoms with E-state index in [0.29, 0.717) is 39.4 Å². The quantitative estimate of drug-likeness (QED) is 0.284. The smallest absolute Gasteiger partial charge is 0.319 e. The molecule has 0 aliphatic rings. The van der Waals surface area contributed by atoms with E-state index in [1.165, 1.54) is 13.2 Å². The molecule has 0 saturated carbocycles. The van der Waals surface area contributed by atoms with E-state index in [1.54, 1.807) is 37.9 Å². The molecule has 5 heterocycles. The first-order valence-corrected chi connectivity index (χ1v) is 9.92. The molecule has 12 nitrogen and oxygen atoms in total. The van der Waals surface area contributed by atoms with Gasteiger partial charge in [-0.1, -0.05) is 0 Å². The topological polar surface area (TPSA) is 166 Å². The molecular formula is C21H18N10O2. The van der Waals surface area contributed by atoms with Crippen molar-refractivity contribution in [3.63, 3.8) is 0 Å². The summed E-state index contributed by atoms with van der Waals surface area (Å²) in [7, 11) is 3.09. The lowest BCUT2D eigenvalue weighted by Gasteiger charge is -2.06. The number of H-pyrrole nitrogens is 2. The first-order chi connectivity index (χ1) is 16.1. The third kappa shape index (κ3) is 3.59. The summed E-state index contributed by atoms with van der Waals surface area (Å²) >= 11 is 0. The molecule has 0 aromatic carbocycles. The Morgan fingerprint density at radius 1 is 0.939 bits per heavy atom. The van der Waals surface area contributed by atoms with Crippen molar-refractivity contribution in [1.29, 1.82) is 0 Å². The highest BCUT2D eigenvalue weighted by atomic mass is 16.2. The van der Waals surface area contributed by atoms with E-state index in [1.807, 2.05) is 6.07 Å².